The number of fused-ring (bicyclic) bond motifs is 2. The summed E-state index contributed by atoms with van der Waals surface area (Å²) in [5, 5.41) is 11.2. The van der Waals surface area contributed by atoms with Crippen molar-refractivity contribution in [2.75, 3.05) is 21.3 Å². The third-order valence-corrected chi connectivity index (χ3v) is 5.87. The van der Waals surface area contributed by atoms with E-state index < -0.39 is 23.1 Å². The van der Waals surface area contributed by atoms with Gasteiger partial charge in [-0.3, -0.25) is 9.59 Å². The quantitative estimate of drug-likeness (QED) is 0.230. The van der Waals surface area contributed by atoms with Crippen molar-refractivity contribution in [1.82, 2.24) is 0 Å². The van der Waals surface area contributed by atoms with Crippen LogP contribution in [0.3, 0.4) is 0 Å². The van der Waals surface area contributed by atoms with Gasteiger partial charge in [0, 0.05) is 31.3 Å². The number of phenolic OH excluding ortho intramolecular Hbond substituents is 1. The highest BCUT2D eigenvalue weighted by Crippen LogP contribution is 2.49. The van der Waals surface area contributed by atoms with E-state index in [-0.39, 0.29) is 22.6 Å². The van der Waals surface area contributed by atoms with Crippen molar-refractivity contribution in [1.29, 1.82) is 0 Å². The lowest BCUT2D eigenvalue weighted by molar-refractivity contribution is -0.185. The van der Waals surface area contributed by atoms with Gasteiger partial charge in [-0.15, -0.1) is 0 Å². The molecule has 0 aliphatic heterocycles. The van der Waals surface area contributed by atoms with Gasteiger partial charge in [0.05, 0.1) is 23.8 Å². The van der Waals surface area contributed by atoms with Crippen molar-refractivity contribution < 1.29 is 28.9 Å². The van der Waals surface area contributed by atoms with Crippen LogP contribution in [0.4, 0.5) is 0 Å². The van der Waals surface area contributed by atoms with Gasteiger partial charge in [-0.2, -0.15) is 0 Å². The Labute approximate surface area is 194 Å². The van der Waals surface area contributed by atoms with E-state index in [1.54, 1.807) is 31.2 Å². The number of carbonyl (C=O) groups excluding carboxylic acids is 2. The smallest absolute Gasteiger partial charge is 0.239 e. The van der Waals surface area contributed by atoms with Crippen LogP contribution in [-0.2, 0) is 15.3 Å². The van der Waals surface area contributed by atoms with Crippen LogP contribution in [0, 0.1) is 24.7 Å². The standard InChI is InChI=1S/C27H28O6/c1-7-8-10-16(2)13-14-20(28)22-17(3)15-19-24(25(22)29)26(30)23-18(27(19,32-5)33-6)11-9-12-21(23)31-4/h7-9,11-12,15-16,29H,10H2,1-6H3/b8-7-/t16-/m1/s1. The van der Waals surface area contributed by atoms with E-state index in [9.17, 15) is 14.7 Å². The van der Waals surface area contributed by atoms with Crippen LogP contribution in [0.1, 0.15) is 63.2 Å². The predicted molar refractivity (Wildman–Crippen MR) is 125 cm³/mol. The monoisotopic (exact) mass is 448 g/mol. The molecule has 0 bridgehead atoms. The summed E-state index contributed by atoms with van der Waals surface area (Å²) in [6.45, 7) is 5.52. The Balaban J connectivity index is 2.25. The Morgan fingerprint density at radius 3 is 2.48 bits per heavy atom. The first-order valence-corrected chi connectivity index (χ1v) is 10.6. The van der Waals surface area contributed by atoms with Crippen molar-refractivity contribution in [2.24, 2.45) is 5.92 Å². The average molecular weight is 449 g/mol. The number of carbonyl (C=O) groups is 2. The van der Waals surface area contributed by atoms with Crippen LogP contribution < -0.4 is 4.74 Å². The minimum atomic E-state index is -1.47. The second kappa shape index (κ2) is 9.62. The zero-order valence-electron chi connectivity index (χ0n) is 19.7. The molecule has 1 aliphatic rings. The van der Waals surface area contributed by atoms with Gasteiger partial charge >= 0.3 is 0 Å². The minimum Gasteiger partial charge on any atom is -0.506 e. The molecule has 3 rings (SSSR count). The van der Waals surface area contributed by atoms with E-state index in [0.717, 1.165) is 0 Å². The summed E-state index contributed by atoms with van der Waals surface area (Å²) in [6, 6.07) is 6.74. The molecule has 2 aromatic carbocycles. The van der Waals surface area contributed by atoms with E-state index in [0.29, 0.717) is 28.9 Å². The fourth-order valence-electron chi connectivity index (χ4n) is 4.23. The molecule has 0 fully saturated rings. The molecule has 0 unspecified atom stereocenters. The molecule has 0 radical (unpaired) electrons. The molecule has 6 heteroatoms. The number of allylic oxidation sites excluding steroid dienone is 2. The molecule has 0 amide bonds. The normalized spacial score (nSPS) is 14.8. The third-order valence-electron chi connectivity index (χ3n) is 5.87. The van der Waals surface area contributed by atoms with E-state index in [2.05, 4.69) is 11.8 Å². The fraction of sp³-hybridized carbons (Fsp3) is 0.333. The number of ether oxygens (including phenoxy) is 3. The number of methoxy groups -OCH3 is 3. The molecule has 1 aliphatic carbocycles. The predicted octanol–water partition coefficient (Wildman–Crippen LogP) is 4.54. The van der Waals surface area contributed by atoms with Crippen LogP contribution >= 0.6 is 0 Å². The fourth-order valence-corrected chi connectivity index (χ4v) is 4.23. The van der Waals surface area contributed by atoms with E-state index >= 15 is 0 Å². The molecule has 0 saturated heterocycles. The number of hydrogen-bond donors (Lipinski definition) is 1. The maximum Gasteiger partial charge on any atom is 0.239 e. The second-order valence-corrected chi connectivity index (χ2v) is 7.88. The summed E-state index contributed by atoms with van der Waals surface area (Å²) in [5.74, 6) is 2.87. The van der Waals surface area contributed by atoms with E-state index in [1.165, 1.54) is 21.3 Å². The third kappa shape index (κ3) is 3.95. The zero-order chi connectivity index (χ0) is 24.3. The van der Waals surface area contributed by atoms with E-state index in [1.807, 2.05) is 26.0 Å². The lowest BCUT2D eigenvalue weighted by atomic mass is 9.77. The molecular formula is C27H28O6. The number of aryl methyl sites for hydroxylation is 1. The SMILES string of the molecule is C/C=C\C[C@@H](C)C#CC(=O)c1c(C)cc2c(c1O)C(=O)c1c(OC)cccc1C2(OC)OC. The van der Waals surface area contributed by atoms with Gasteiger partial charge in [0.1, 0.15) is 11.5 Å². The molecule has 0 aromatic heterocycles. The van der Waals surface area contributed by atoms with Crippen molar-refractivity contribution in [3.8, 4) is 23.3 Å². The Kier molecular flexibility index (Phi) is 7.06. The van der Waals surface area contributed by atoms with Gasteiger partial charge in [-0.1, -0.05) is 37.1 Å². The molecule has 6 nitrogen and oxygen atoms in total. The van der Waals surface area contributed by atoms with Crippen LogP contribution in [0.25, 0.3) is 0 Å². The highest BCUT2D eigenvalue weighted by molar-refractivity contribution is 6.20. The molecule has 0 saturated carbocycles. The minimum absolute atomic E-state index is 0.00714. The topological polar surface area (TPSA) is 82.1 Å². The van der Waals surface area contributed by atoms with Crippen LogP contribution in [0.5, 0.6) is 11.5 Å². The van der Waals surface area contributed by atoms with Crippen molar-refractivity contribution >= 4 is 11.6 Å². The molecular weight excluding hydrogens is 420 g/mol. The summed E-state index contributed by atoms with van der Waals surface area (Å²) in [7, 11) is 4.36. The number of Topliss-reactive ketones (excluding diaryl/α,β-unsaturated/α-hetero) is 1. The number of ketones is 2. The Morgan fingerprint density at radius 1 is 1.18 bits per heavy atom. The summed E-state index contributed by atoms with van der Waals surface area (Å²) >= 11 is 0. The number of aromatic hydroxyl groups is 1. The zero-order valence-corrected chi connectivity index (χ0v) is 19.7. The summed E-state index contributed by atoms with van der Waals surface area (Å²) in [5.41, 5.74) is 1.38. The molecule has 0 heterocycles. The van der Waals surface area contributed by atoms with Crippen LogP contribution in [0.15, 0.2) is 36.4 Å². The highest BCUT2D eigenvalue weighted by atomic mass is 16.7. The lowest BCUT2D eigenvalue weighted by Crippen LogP contribution is -2.39. The number of benzene rings is 2. The van der Waals surface area contributed by atoms with Gasteiger partial charge in [0.15, 0.2) is 0 Å². The number of rotatable bonds is 6. The van der Waals surface area contributed by atoms with Gasteiger partial charge < -0.3 is 19.3 Å². The maximum absolute atomic E-state index is 13.6. The summed E-state index contributed by atoms with van der Waals surface area (Å²) in [4.78, 5) is 26.6. The first-order valence-electron chi connectivity index (χ1n) is 10.6. The molecule has 33 heavy (non-hydrogen) atoms. The second-order valence-electron chi connectivity index (χ2n) is 7.88. The first kappa shape index (κ1) is 24.2. The Morgan fingerprint density at radius 2 is 1.88 bits per heavy atom. The molecule has 2 aromatic rings. The highest BCUT2D eigenvalue weighted by Gasteiger charge is 2.48. The van der Waals surface area contributed by atoms with Crippen LogP contribution in [-0.4, -0.2) is 38.0 Å². The van der Waals surface area contributed by atoms with Crippen molar-refractivity contribution in [2.45, 2.75) is 33.0 Å². The average Bonchev–Trinajstić information content (AvgIpc) is 2.81. The summed E-state index contributed by atoms with van der Waals surface area (Å²) < 4.78 is 17.0. The number of phenols is 1. The molecule has 1 atom stereocenters. The molecule has 1 N–H and O–H groups in total. The van der Waals surface area contributed by atoms with Gasteiger partial charge in [-0.25, -0.2) is 0 Å². The Bertz CT molecular complexity index is 1190. The van der Waals surface area contributed by atoms with Gasteiger partial charge in [0.2, 0.25) is 17.4 Å². The maximum atomic E-state index is 13.6. The van der Waals surface area contributed by atoms with Crippen molar-refractivity contribution in [3.63, 3.8) is 0 Å². The number of hydrogen-bond acceptors (Lipinski definition) is 6. The van der Waals surface area contributed by atoms with Gasteiger partial charge in [-0.05, 0) is 43.9 Å². The van der Waals surface area contributed by atoms with Gasteiger partial charge in [0.25, 0.3) is 0 Å². The van der Waals surface area contributed by atoms with Crippen LogP contribution in [0.2, 0.25) is 0 Å². The largest absolute Gasteiger partial charge is 0.506 e. The van der Waals surface area contributed by atoms with E-state index in [4.69, 9.17) is 14.2 Å². The molecule has 172 valence electrons. The summed E-state index contributed by atoms with van der Waals surface area (Å²) in [6.07, 6.45) is 4.62. The van der Waals surface area contributed by atoms with Crippen molar-refractivity contribution in [3.05, 3.63) is 69.8 Å². The molecule has 0 spiro atoms. The Hall–Kier alpha value is -3.40. The first-order chi connectivity index (χ1) is 15.8. The lowest BCUT2D eigenvalue weighted by Gasteiger charge is -2.38.